The largest absolute Gasteiger partial charge is 0.374 e. The molecule has 0 heterocycles. The maximum Gasteiger partial charge on any atom is 0.230 e. The molecule has 5 heteroatoms. The quantitative estimate of drug-likeness (QED) is 0.431. The Bertz CT molecular complexity index is 326. The predicted octanol–water partition coefficient (Wildman–Crippen LogP) is 1.21. The first-order valence-electron chi connectivity index (χ1n) is 4.24. The maximum atomic E-state index is 10.3. The van der Waals surface area contributed by atoms with Crippen LogP contribution in [-0.4, -0.2) is 16.3 Å². The fourth-order valence-corrected chi connectivity index (χ4v) is 1.16. The Morgan fingerprint density at radius 2 is 2.21 bits per heavy atom. The van der Waals surface area contributed by atoms with Crippen LogP contribution in [0.5, 0.6) is 0 Å². The predicted molar refractivity (Wildman–Crippen MR) is 52.4 cm³/mol. The summed E-state index contributed by atoms with van der Waals surface area (Å²) < 4.78 is 0. The molecule has 0 aromatic heterocycles. The van der Waals surface area contributed by atoms with E-state index in [1.807, 2.05) is 0 Å². The average molecular weight is 196 g/mol. The summed E-state index contributed by atoms with van der Waals surface area (Å²) in [4.78, 5) is 9.92. The maximum absolute atomic E-state index is 10.3. The van der Waals surface area contributed by atoms with Crippen LogP contribution in [0.2, 0.25) is 0 Å². The molecule has 0 aliphatic heterocycles. The molecule has 1 atom stereocenters. The number of nitrogens with one attached hydrogen (secondary N) is 1. The third-order valence-electron chi connectivity index (χ3n) is 1.68. The number of rotatable bonds is 4. The first kappa shape index (κ1) is 10.5. The van der Waals surface area contributed by atoms with Crippen molar-refractivity contribution < 1.29 is 10.0 Å². The van der Waals surface area contributed by atoms with E-state index in [9.17, 15) is 10.1 Å². The van der Waals surface area contributed by atoms with Crippen LogP contribution in [0.3, 0.4) is 0 Å². The van der Waals surface area contributed by atoms with Crippen molar-refractivity contribution in [1.82, 2.24) is 0 Å². The second kappa shape index (κ2) is 4.57. The molecule has 1 rings (SSSR count). The monoisotopic (exact) mass is 196 g/mol. The van der Waals surface area contributed by atoms with Gasteiger partial charge in [-0.3, -0.25) is 10.1 Å². The summed E-state index contributed by atoms with van der Waals surface area (Å²) in [6.07, 6.45) is -0.720. The molecule has 0 aliphatic rings. The summed E-state index contributed by atoms with van der Waals surface area (Å²) in [6.45, 7) is 1.32. The lowest BCUT2D eigenvalue weighted by Gasteiger charge is -2.11. The van der Waals surface area contributed by atoms with Crippen LogP contribution in [0.4, 0.5) is 5.69 Å². The van der Waals surface area contributed by atoms with Crippen LogP contribution in [0.25, 0.3) is 0 Å². The molecule has 76 valence electrons. The van der Waals surface area contributed by atoms with Gasteiger partial charge in [-0.15, -0.1) is 0 Å². The summed E-state index contributed by atoms with van der Waals surface area (Å²) >= 11 is 0. The lowest BCUT2D eigenvalue weighted by Crippen LogP contribution is -2.15. The molecule has 0 saturated carbocycles. The zero-order valence-electron chi connectivity index (χ0n) is 7.80. The summed E-state index contributed by atoms with van der Waals surface area (Å²) in [5.41, 5.74) is 1.16. The first-order chi connectivity index (χ1) is 6.59. The van der Waals surface area contributed by atoms with Gasteiger partial charge < -0.3 is 10.4 Å². The Kier molecular flexibility index (Phi) is 3.41. The molecule has 0 saturated heterocycles. The number of nitro groups is 1. The van der Waals surface area contributed by atoms with Gasteiger partial charge in [0.25, 0.3) is 0 Å². The molecular formula is C9H12N2O3. The second-order valence-electron chi connectivity index (χ2n) is 2.97. The molecular weight excluding hydrogens is 184 g/mol. The smallest absolute Gasteiger partial charge is 0.230 e. The van der Waals surface area contributed by atoms with E-state index in [1.54, 1.807) is 31.2 Å². The highest BCUT2D eigenvalue weighted by Gasteiger charge is 2.08. The van der Waals surface area contributed by atoms with Crippen LogP contribution < -0.4 is 5.32 Å². The van der Waals surface area contributed by atoms with E-state index in [2.05, 4.69) is 5.32 Å². The van der Waals surface area contributed by atoms with E-state index in [0.717, 1.165) is 0 Å². The molecule has 0 spiro atoms. The molecule has 0 aliphatic carbocycles. The van der Waals surface area contributed by atoms with Crippen LogP contribution in [0.15, 0.2) is 24.3 Å². The van der Waals surface area contributed by atoms with Gasteiger partial charge in [-0.05, 0) is 13.0 Å². The van der Waals surface area contributed by atoms with Gasteiger partial charge in [0, 0.05) is 16.2 Å². The van der Waals surface area contributed by atoms with E-state index in [1.165, 1.54) is 0 Å². The normalized spacial score (nSPS) is 12.1. The zero-order valence-corrected chi connectivity index (χ0v) is 7.80. The van der Waals surface area contributed by atoms with Crippen molar-refractivity contribution in [3.05, 3.63) is 39.9 Å². The number of benzene rings is 1. The SMILES string of the molecule is CC(O)Nc1ccccc1C[N+](=O)[O-]. The van der Waals surface area contributed by atoms with Crippen molar-refractivity contribution in [3.63, 3.8) is 0 Å². The summed E-state index contributed by atoms with van der Waals surface area (Å²) in [7, 11) is 0. The van der Waals surface area contributed by atoms with Gasteiger partial charge >= 0.3 is 0 Å². The number of aliphatic hydroxyl groups excluding tert-OH is 1. The minimum Gasteiger partial charge on any atom is -0.374 e. The van der Waals surface area contributed by atoms with Gasteiger partial charge in [-0.25, -0.2) is 0 Å². The number of para-hydroxylation sites is 1. The van der Waals surface area contributed by atoms with Crippen molar-refractivity contribution in [2.24, 2.45) is 0 Å². The molecule has 0 amide bonds. The third-order valence-corrected chi connectivity index (χ3v) is 1.68. The summed E-state index contributed by atoms with van der Waals surface area (Å²) in [5, 5.41) is 22.1. The molecule has 2 N–H and O–H groups in total. The number of anilines is 1. The highest BCUT2D eigenvalue weighted by atomic mass is 16.6. The Balaban J connectivity index is 2.85. The highest BCUT2D eigenvalue weighted by molar-refractivity contribution is 5.50. The minimum absolute atomic E-state index is 0.240. The number of aliphatic hydroxyl groups is 1. The van der Waals surface area contributed by atoms with Gasteiger partial charge in [0.2, 0.25) is 6.54 Å². The highest BCUT2D eigenvalue weighted by Crippen LogP contribution is 2.16. The first-order valence-corrected chi connectivity index (χ1v) is 4.24. The minimum atomic E-state index is -0.720. The zero-order chi connectivity index (χ0) is 10.6. The Morgan fingerprint density at radius 1 is 1.57 bits per heavy atom. The van der Waals surface area contributed by atoms with E-state index in [-0.39, 0.29) is 6.54 Å². The van der Waals surface area contributed by atoms with Gasteiger partial charge in [0.1, 0.15) is 6.23 Å². The topological polar surface area (TPSA) is 75.4 Å². The molecule has 1 aromatic carbocycles. The Morgan fingerprint density at radius 3 is 2.79 bits per heavy atom. The van der Waals surface area contributed by atoms with Crippen molar-refractivity contribution >= 4 is 5.69 Å². The van der Waals surface area contributed by atoms with Gasteiger partial charge in [0.05, 0.1) is 0 Å². The molecule has 0 radical (unpaired) electrons. The third kappa shape index (κ3) is 3.02. The van der Waals surface area contributed by atoms with E-state index in [0.29, 0.717) is 11.3 Å². The van der Waals surface area contributed by atoms with E-state index in [4.69, 9.17) is 5.11 Å². The fourth-order valence-electron chi connectivity index (χ4n) is 1.16. The molecule has 14 heavy (non-hydrogen) atoms. The molecule has 0 bridgehead atoms. The van der Waals surface area contributed by atoms with Crippen molar-refractivity contribution in [1.29, 1.82) is 0 Å². The van der Waals surface area contributed by atoms with Crippen molar-refractivity contribution in [3.8, 4) is 0 Å². The van der Waals surface area contributed by atoms with Gasteiger partial charge in [0.15, 0.2) is 0 Å². The van der Waals surface area contributed by atoms with Gasteiger partial charge in [-0.1, -0.05) is 18.2 Å². The van der Waals surface area contributed by atoms with Crippen LogP contribution >= 0.6 is 0 Å². The van der Waals surface area contributed by atoms with E-state index < -0.39 is 11.2 Å². The summed E-state index contributed by atoms with van der Waals surface area (Å²) in [5.74, 6) is 0. The van der Waals surface area contributed by atoms with Crippen LogP contribution in [-0.2, 0) is 6.54 Å². The molecule has 5 nitrogen and oxygen atoms in total. The number of hydrogen-bond acceptors (Lipinski definition) is 4. The lowest BCUT2D eigenvalue weighted by molar-refractivity contribution is -0.496. The Labute approximate surface area is 81.5 Å². The van der Waals surface area contributed by atoms with Gasteiger partial charge in [-0.2, -0.15) is 0 Å². The lowest BCUT2D eigenvalue weighted by atomic mass is 10.2. The van der Waals surface area contributed by atoms with Crippen molar-refractivity contribution in [2.45, 2.75) is 19.7 Å². The fraction of sp³-hybridized carbons (Fsp3) is 0.333. The van der Waals surface area contributed by atoms with Crippen molar-refractivity contribution in [2.75, 3.05) is 5.32 Å². The molecule has 0 fully saturated rings. The average Bonchev–Trinajstić information content (AvgIpc) is 2.06. The molecule has 1 unspecified atom stereocenters. The summed E-state index contributed by atoms with van der Waals surface area (Å²) in [6, 6.07) is 6.85. The second-order valence-corrected chi connectivity index (χ2v) is 2.97. The number of hydrogen-bond donors (Lipinski definition) is 2. The standard InChI is InChI=1S/C9H12N2O3/c1-7(12)10-9-5-3-2-4-8(9)6-11(13)14/h2-5,7,10,12H,6H2,1H3. The van der Waals surface area contributed by atoms with Crippen LogP contribution in [0, 0.1) is 10.1 Å². The van der Waals surface area contributed by atoms with Crippen LogP contribution in [0.1, 0.15) is 12.5 Å². The van der Waals surface area contributed by atoms with E-state index >= 15 is 0 Å². The molecule has 1 aromatic rings. The number of nitrogens with zero attached hydrogens (tertiary/aromatic N) is 1. The Hall–Kier alpha value is -1.62.